The molecule has 2 rings (SSSR count). The van der Waals surface area contributed by atoms with Crippen molar-refractivity contribution < 1.29 is 4.79 Å². The van der Waals surface area contributed by atoms with Crippen molar-refractivity contribution in [3.63, 3.8) is 0 Å². The van der Waals surface area contributed by atoms with Gasteiger partial charge in [-0.05, 0) is 32.8 Å². The number of rotatable bonds is 5. The molecule has 19 heavy (non-hydrogen) atoms. The van der Waals surface area contributed by atoms with Gasteiger partial charge in [0, 0.05) is 24.4 Å². The zero-order chi connectivity index (χ0) is 13.9. The van der Waals surface area contributed by atoms with E-state index < -0.39 is 0 Å². The van der Waals surface area contributed by atoms with Gasteiger partial charge in [-0.1, -0.05) is 12.8 Å². The lowest BCUT2D eigenvalue weighted by atomic mass is 9.88. The molecular formula is C14H22ClN3O. The molecule has 0 unspecified atom stereocenters. The van der Waals surface area contributed by atoms with Crippen molar-refractivity contribution in [3.05, 3.63) is 17.5 Å². The Morgan fingerprint density at radius 3 is 2.79 bits per heavy atom. The Bertz CT molecular complexity index is 450. The van der Waals surface area contributed by atoms with Crippen LogP contribution in [0, 0.1) is 12.3 Å². The van der Waals surface area contributed by atoms with Crippen molar-refractivity contribution in [1.82, 2.24) is 15.1 Å². The number of nitrogens with one attached hydrogen (secondary N) is 1. The van der Waals surface area contributed by atoms with Crippen LogP contribution in [-0.2, 0) is 6.54 Å². The Morgan fingerprint density at radius 1 is 1.53 bits per heavy atom. The summed E-state index contributed by atoms with van der Waals surface area (Å²) in [4.78, 5) is 12.2. The quantitative estimate of drug-likeness (QED) is 0.845. The number of alkyl halides is 1. The molecular weight excluding hydrogens is 262 g/mol. The van der Waals surface area contributed by atoms with Crippen molar-refractivity contribution in [3.8, 4) is 0 Å². The average Bonchev–Trinajstić information content (AvgIpc) is 3.03. The second-order valence-electron chi connectivity index (χ2n) is 5.51. The standard InChI is InChI=1S/C14H22ClN3O/c1-3-18-12(8-11(2)17-18)13(19)16-10-14(9-15)6-4-5-7-14/h8H,3-7,9-10H2,1-2H3,(H,16,19). The highest BCUT2D eigenvalue weighted by atomic mass is 35.5. The lowest BCUT2D eigenvalue weighted by Gasteiger charge is -2.26. The van der Waals surface area contributed by atoms with Gasteiger partial charge in [-0.2, -0.15) is 5.10 Å². The number of aromatic nitrogens is 2. The van der Waals surface area contributed by atoms with Crippen molar-refractivity contribution in [1.29, 1.82) is 0 Å². The summed E-state index contributed by atoms with van der Waals surface area (Å²) in [5.41, 5.74) is 1.62. The van der Waals surface area contributed by atoms with Gasteiger partial charge in [0.1, 0.15) is 5.69 Å². The maximum Gasteiger partial charge on any atom is 0.269 e. The average molecular weight is 284 g/mol. The molecule has 1 heterocycles. The Hall–Kier alpha value is -1.03. The molecule has 1 fully saturated rings. The molecule has 106 valence electrons. The summed E-state index contributed by atoms with van der Waals surface area (Å²) in [5, 5.41) is 7.33. The summed E-state index contributed by atoms with van der Waals surface area (Å²) in [6, 6.07) is 1.83. The fourth-order valence-corrected chi connectivity index (χ4v) is 3.17. The van der Waals surface area contributed by atoms with Crippen LogP contribution in [0.3, 0.4) is 0 Å². The first kappa shape index (κ1) is 14.4. The van der Waals surface area contributed by atoms with E-state index in [0.717, 1.165) is 18.5 Å². The van der Waals surface area contributed by atoms with Crippen LogP contribution in [0.5, 0.6) is 0 Å². The smallest absolute Gasteiger partial charge is 0.269 e. The van der Waals surface area contributed by atoms with Crippen LogP contribution < -0.4 is 5.32 Å². The topological polar surface area (TPSA) is 46.9 Å². The van der Waals surface area contributed by atoms with Gasteiger partial charge in [-0.25, -0.2) is 0 Å². The maximum atomic E-state index is 12.2. The van der Waals surface area contributed by atoms with Gasteiger partial charge < -0.3 is 5.32 Å². The van der Waals surface area contributed by atoms with Crippen LogP contribution in [0.4, 0.5) is 0 Å². The highest BCUT2D eigenvalue weighted by Gasteiger charge is 2.33. The van der Waals surface area contributed by atoms with Gasteiger partial charge in [0.2, 0.25) is 0 Å². The third-order valence-electron chi connectivity index (χ3n) is 4.01. The normalized spacial score (nSPS) is 17.6. The van der Waals surface area contributed by atoms with Crippen LogP contribution >= 0.6 is 11.6 Å². The molecule has 0 saturated heterocycles. The predicted molar refractivity (Wildman–Crippen MR) is 76.6 cm³/mol. The first-order valence-corrected chi connectivity index (χ1v) is 7.52. The SMILES string of the molecule is CCn1nc(C)cc1C(=O)NCC1(CCl)CCCC1. The van der Waals surface area contributed by atoms with Gasteiger partial charge in [-0.3, -0.25) is 9.48 Å². The molecule has 0 spiro atoms. The highest BCUT2D eigenvalue weighted by Crippen LogP contribution is 2.38. The van der Waals surface area contributed by atoms with Crippen LogP contribution in [0.25, 0.3) is 0 Å². The Morgan fingerprint density at radius 2 is 2.21 bits per heavy atom. The molecule has 1 saturated carbocycles. The Kier molecular flexibility index (Phi) is 4.50. The van der Waals surface area contributed by atoms with Crippen LogP contribution in [0.1, 0.15) is 48.8 Å². The highest BCUT2D eigenvalue weighted by molar-refractivity contribution is 6.18. The second-order valence-corrected chi connectivity index (χ2v) is 5.78. The van der Waals surface area contributed by atoms with Crippen LogP contribution in [0.15, 0.2) is 6.07 Å². The number of halogens is 1. The number of amides is 1. The summed E-state index contributed by atoms with van der Waals surface area (Å²) in [6.07, 6.45) is 4.66. The van der Waals surface area contributed by atoms with E-state index in [4.69, 9.17) is 11.6 Å². The van der Waals surface area contributed by atoms with Crippen molar-refractivity contribution in [2.75, 3.05) is 12.4 Å². The van der Waals surface area contributed by atoms with E-state index in [2.05, 4.69) is 10.4 Å². The Labute approximate surface area is 119 Å². The molecule has 1 aliphatic carbocycles. The predicted octanol–water partition coefficient (Wildman–Crippen LogP) is 2.74. The molecule has 0 bridgehead atoms. The number of carbonyl (C=O) groups is 1. The van der Waals surface area contributed by atoms with Crippen LogP contribution in [0.2, 0.25) is 0 Å². The largest absolute Gasteiger partial charge is 0.350 e. The molecule has 1 aromatic rings. The van der Waals surface area contributed by atoms with E-state index in [1.54, 1.807) is 4.68 Å². The monoisotopic (exact) mass is 283 g/mol. The summed E-state index contributed by atoms with van der Waals surface area (Å²) in [7, 11) is 0. The molecule has 1 amide bonds. The molecule has 1 N–H and O–H groups in total. The molecule has 0 radical (unpaired) electrons. The van der Waals surface area contributed by atoms with Gasteiger partial charge in [0.05, 0.1) is 5.69 Å². The summed E-state index contributed by atoms with van der Waals surface area (Å²) < 4.78 is 1.74. The molecule has 0 aliphatic heterocycles. The number of hydrogen-bond donors (Lipinski definition) is 1. The number of nitrogens with zero attached hydrogens (tertiary/aromatic N) is 2. The molecule has 1 aliphatic rings. The summed E-state index contributed by atoms with van der Waals surface area (Å²) in [6.45, 7) is 5.27. The zero-order valence-corrected chi connectivity index (χ0v) is 12.5. The van der Waals surface area contributed by atoms with Gasteiger partial charge in [-0.15, -0.1) is 11.6 Å². The van der Waals surface area contributed by atoms with E-state index in [1.165, 1.54) is 12.8 Å². The summed E-state index contributed by atoms with van der Waals surface area (Å²) in [5.74, 6) is 0.582. The van der Waals surface area contributed by atoms with Crippen molar-refractivity contribution >= 4 is 17.5 Å². The van der Waals surface area contributed by atoms with Gasteiger partial charge >= 0.3 is 0 Å². The second kappa shape index (κ2) is 5.95. The minimum atomic E-state index is -0.0427. The molecule has 0 aromatic carbocycles. The maximum absolute atomic E-state index is 12.2. The van der Waals surface area contributed by atoms with Gasteiger partial charge in [0.15, 0.2) is 0 Å². The zero-order valence-electron chi connectivity index (χ0n) is 11.7. The molecule has 5 heteroatoms. The van der Waals surface area contributed by atoms with E-state index >= 15 is 0 Å². The minimum Gasteiger partial charge on any atom is -0.350 e. The van der Waals surface area contributed by atoms with Crippen molar-refractivity contribution in [2.24, 2.45) is 5.41 Å². The number of aryl methyl sites for hydroxylation is 2. The number of carbonyl (C=O) groups excluding carboxylic acids is 1. The summed E-state index contributed by atoms with van der Waals surface area (Å²) >= 11 is 6.09. The first-order chi connectivity index (χ1) is 9.10. The number of hydrogen-bond acceptors (Lipinski definition) is 2. The Balaban J connectivity index is 2.01. The third-order valence-corrected chi connectivity index (χ3v) is 4.57. The van der Waals surface area contributed by atoms with E-state index in [1.807, 2.05) is 19.9 Å². The molecule has 4 nitrogen and oxygen atoms in total. The van der Waals surface area contributed by atoms with Gasteiger partial charge in [0.25, 0.3) is 5.91 Å². The lowest BCUT2D eigenvalue weighted by molar-refractivity contribution is 0.0924. The van der Waals surface area contributed by atoms with Crippen LogP contribution in [-0.4, -0.2) is 28.1 Å². The third kappa shape index (κ3) is 3.11. The fourth-order valence-electron chi connectivity index (χ4n) is 2.81. The molecule has 0 atom stereocenters. The fraction of sp³-hybridized carbons (Fsp3) is 0.714. The van der Waals surface area contributed by atoms with E-state index in [-0.39, 0.29) is 11.3 Å². The minimum absolute atomic E-state index is 0.0427. The van der Waals surface area contributed by atoms with E-state index in [9.17, 15) is 4.79 Å². The van der Waals surface area contributed by atoms with Crippen molar-refractivity contribution in [2.45, 2.75) is 46.1 Å². The molecule has 1 aromatic heterocycles. The lowest BCUT2D eigenvalue weighted by Crippen LogP contribution is -2.37. The van der Waals surface area contributed by atoms with E-state index in [0.29, 0.717) is 24.7 Å². The first-order valence-electron chi connectivity index (χ1n) is 6.99.